The van der Waals surface area contributed by atoms with Crippen LogP contribution in [0, 0.1) is 5.92 Å². The Bertz CT molecular complexity index is 402. The van der Waals surface area contributed by atoms with Gasteiger partial charge < -0.3 is 10.1 Å². The first-order valence-corrected chi connectivity index (χ1v) is 8.09. The van der Waals surface area contributed by atoms with Crippen molar-refractivity contribution in [2.45, 2.75) is 51.6 Å². The molecule has 0 radical (unpaired) electrons. The van der Waals surface area contributed by atoms with E-state index in [4.69, 9.17) is 16.3 Å². The second kappa shape index (κ2) is 8.01. The molecule has 2 rings (SSSR count). The van der Waals surface area contributed by atoms with E-state index in [1.807, 2.05) is 4.68 Å². The molecule has 1 aliphatic rings. The molecular weight excluding hydrogens is 274 g/mol. The highest BCUT2D eigenvalue weighted by Gasteiger charge is 2.30. The van der Waals surface area contributed by atoms with Crippen LogP contribution in [0.4, 0.5) is 0 Å². The average molecular weight is 300 g/mol. The summed E-state index contributed by atoms with van der Waals surface area (Å²) in [5, 5.41) is 8.88. The fourth-order valence-corrected chi connectivity index (χ4v) is 3.37. The quantitative estimate of drug-likeness (QED) is 0.799. The van der Waals surface area contributed by atoms with Crippen LogP contribution in [0.3, 0.4) is 0 Å². The molecule has 1 aromatic rings. The second-order valence-corrected chi connectivity index (χ2v) is 5.98. The predicted molar refractivity (Wildman–Crippen MR) is 82.1 cm³/mol. The van der Waals surface area contributed by atoms with Gasteiger partial charge in [-0.3, -0.25) is 4.68 Å². The maximum Gasteiger partial charge on any atom is 0.0834 e. The zero-order valence-electron chi connectivity index (χ0n) is 12.6. The first kappa shape index (κ1) is 15.8. The van der Waals surface area contributed by atoms with Gasteiger partial charge in [0.25, 0.3) is 0 Å². The Labute approximate surface area is 126 Å². The average Bonchev–Trinajstić information content (AvgIpc) is 3.09. The Hall–Kier alpha value is -0.580. The Morgan fingerprint density at radius 1 is 1.50 bits per heavy atom. The molecule has 1 atom stereocenters. The SMILES string of the molecule is CCCNC(c1c(Cl)cnn1CCOC)C1CCCC1. The van der Waals surface area contributed by atoms with Crippen LogP contribution < -0.4 is 5.32 Å². The molecule has 0 saturated heterocycles. The van der Waals surface area contributed by atoms with Crippen molar-refractivity contribution in [3.8, 4) is 0 Å². The normalized spacial score (nSPS) is 17.8. The summed E-state index contributed by atoms with van der Waals surface area (Å²) in [5.41, 5.74) is 1.14. The molecule has 1 heterocycles. The Morgan fingerprint density at radius 2 is 2.25 bits per heavy atom. The van der Waals surface area contributed by atoms with Crippen molar-refractivity contribution in [3.63, 3.8) is 0 Å². The minimum Gasteiger partial charge on any atom is -0.383 e. The fraction of sp³-hybridized carbons (Fsp3) is 0.800. The van der Waals surface area contributed by atoms with E-state index in [1.54, 1.807) is 13.3 Å². The van der Waals surface area contributed by atoms with Crippen molar-refractivity contribution in [2.75, 3.05) is 20.3 Å². The van der Waals surface area contributed by atoms with Crippen LogP contribution in [0.25, 0.3) is 0 Å². The van der Waals surface area contributed by atoms with E-state index >= 15 is 0 Å². The third-order valence-electron chi connectivity index (χ3n) is 4.12. The third-order valence-corrected chi connectivity index (χ3v) is 4.41. The number of halogens is 1. The molecule has 1 N–H and O–H groups in total. The van der Waals surface area contributed by atoms with Crippen LogP contribution >= 0.6 is 11.6 Å². The lowest BCUT2D eigenvalue weighted by atomic mass is 9.95. The summed E-state index contributed by atoms with van der Waals surface area (Å²) >= 11 is 6.41. The Morgan fingerprint density at radius 3 is 2.90 bits per heavy atom. The summed E-state index contributed by atoms with van der Waals surface area (Å²) in [6.45, 7) is 4.64. The first-order chi connectivity index (χ1) is 9.77. The van der Waals surface area contributed by atoms with Gasteiger partial charge in [-0.15, -0.1) is 0 Å². The fourth-order valence-electron chi connectivity index (χ4n) is 3.11. The van der Waals surface area contributed by atoms with Crippen LogP contribution in [-0.2, 0) is 11.3 Å². The van der Waals surface area contributed by atoms with Crippen molar-refractivity contribution in [1.82, 2.24) is 15.1 Å². The summed E-state index contributed by atoms with van der Waals surface area (Å²) in [5.74, 6) is 0.678. The number of hydrogen-bond donors (Lipinski definition) is 1. The second-order valence-electron chi connectivity index (χ2n) is 5.57. The van der Waals surface area contributed by atoms with Gasteiger partial charge in [-0.2, -0.15) is 5.10 Å². The summed E-state index contributed by atoms with van der Waals surface area (Å²) in [6, 6.07) is 0.323. The van der Waals surface area contributed by atoms with Gasteiger partial charge in [-0.05, 0) is 31.7 Å². The van der Waals surface area contributed by atoms with E-state index < -0.39 is 0 Å². The van der Waals surface area contributed by atoms with Crippen LogP contribution in [0.1, 0.15) is 50.8 Å². The highest BCUT2D eigenvalue weighted by atomic mass is 35.5. The van der Waals surface area contributed by atoms with E-state index in [0.717, 1.165) is 30.2 Å². The molecule has 0 spiro atoms. The maximum atomic E-state index is 6.41. The van der Waals surface area contributed by atoms with Gasteiger partial charge in [-0.1, -0.05) is 31.4 Å². The van der Waals surface area contributed by atoms with Gasteiger partial charge in [-0.25, -0.2) is 0 Å². The molecule has 4 nitrogen and oxygen atoms in total. The monoisotopic (exact) mass is 299 g/mol. The zero-order chi connectivity index (χ0) is 14.4. The van der Waals surface area contributed by atoms with Crippen LogP contribution in [-0.4, -0.2) is 30.0 Å². The van der Waals surface area contributed by atoms with Crippen molar-refractivity contribution in [2.24, 2.45) is 5.92 Å². The van der Waals surface area contributed by atoms with E-state index in [2.05, 4.69) is 17.3 Å². The maximum absolute atomic E-state index is 6.41. The van der Waals surface area contributed by atoms with Gasteiger partial charge in [0.05, 0.1) is 36.1 Å². The first-order valence-electron chi connectivity index (χ1n) is 7.71. The summed E-state index contributed by atoms with van der Waals surface area (Å²) < 4.78 is 7.18. The number of ether oxygens (including phenoxy) is 1. The molecule has 1 fully saturated rings. The minimum absolute atomic E-state index is 0.323. The topological polar surface area (TPSA) is 39.1 Å². The smallest absolute Gasteiger partial charge is 0.0834 e. The molecule has 5 heteroatoms. The van der Waals surface area contributed by atoms with E-state index in [1.165, 1.54) is 25.7 Å². The lowest BCUT2D eigenvalue weighted by Crippen LogP contribution is -2.30. The number of methoxy groups -OCH3 is 1. The van der Waals surface area contributed by atoms with Crippen LogP contribution in [0.15, 0.2) is 6.20 Å². The van der Waals surface area contributed by atoms with Crippen molar-refractivity contribution >= 4 is 11.6 Å². The summed E-state index contributed by atoms with van der Waals surface area (Å²) in [4.78, 5) is 0. The molecule has 0 amide bonds. The third kappa shape index (κ3) is 3.74. The van der Waals surface area contributed by atoms with Gasteiger partial charge in [0, 0.05) is 7.11 Å². The van der Waals surface area contributed by atoms with Crippen molar-refractivity contribution in [3.05, 3.63) is 16.9 Å². The number of nitrogens with zero attached hydrogens (tertiary/aromatic N) is 2. The largest absolute Gasteiger partial charge is 0.383 e. The van der Waals surface area contributed by atoms with Crippen LogP contribution in [0.2, 0.25) is 5.02 Å². The van der Waals surface area contributed by atoms with Gasteiger partial charge in [0.1, 0.15) is 0 Å². The molecule has 1 aromatic heterocycles. The minimum atomic E-state index is 0.323. The Kier molecular flexibility index (Phi) is 6.33. The molecule has 1 unspecified atom stereocenters. The molecule has 1 aliphatic carbocycles. The van der Waals surface area contributed by atoms with Crippen molar-refractivity contribution in [1.29, 1.82) is 0 Å². The number of aromatic nitrogens is 2. The predicted octanol–water partition coefficient (Wildman–Crippen LogP) is 3.41. The highest BCUT2D eigenvalue weighted by Crippen LogP contribution is 2.38. The van der Waals surface area contributed by atoms with E-state index in [-0.39, 0.29) is 0 Å². The van der Waals surface area contributed by atoms with Gasteiger partial charge >= 0.3 is 0 Å². The van der Waals surface area contributed by atoms with Crippen LogP contribution in [0.5, 0.6) is 0 Å². The molecule has 114 valence electrons. The molecule has 0 aromatic carbocycles. The van der Waals surface area contributed by atoms with Gasteiger partial charge in [0.15, 0.2) is 0 Å². The lowest BCUT2D eigenvalue weighted by Gasteiger charge is -2.26. The summed E-state index contributed by atoms with van der Waals surface area (Å²) in [6.07, 6.45) is 8.13. The lowest BCUT2D eigenvalue weighted by molar-refractivity contribution is 0.180. The molecular formula is C15H26ClN3O. The molecule has 1 saturated carbocycles. The van der Waals surface area contributed by atoms with E-state index in [9.17, 15) is 0 Å². The number of rotatable bonds is 8. The highest BCUT2D eigenvalue weighted by molar-refractivity contribution is 6.31. The standard InChI is InChI=1S/C15H26ClN3O/c1-3-8-17-14(12-6-4-5-7-12)15-13(16)11-18-19(15)9-10-20-2/h11-12,14,17H,3-10H2,1-2H3. The van der Waals surface area contributed by atoms with Crippen molar-refractivity contribution < 1.29 is 4.74 Å². The Balaban J connectivity index is 2.19. The summed E-state index contributed by atoms with van der Waals surface area (Å²) in [7, 11) is 1.72. The molecule has 20 heavy (non-hydrogen) atoms. The zero-order valence-corrected chi connectivity index (χ0v) is 13.3. The van der Waals surface area contributed by atoms with E-state index in [0.29, 0.717) is 18.6 Å². The van der Waals surface area contributed by atoms with Gasteiger partial charge in [0.2, 0.25) is 0 Å². The molecule has 0 bridgehead atoms. The number of nitrogens with one attached hydrogen (secondary N) is 1. The number of hydrogen-bond acceptors (Lipinski definition) is 3. The molecule has 0 aliphatic heterocycles.